The SMILES string of the molecule is COc1cccnc1NCC1(O)CCCC1. The largest absolute Gasteiger partial charge is 0.493 e. The predicted octanol–water partition coefficient (Wildman–Crippen LogP) is 1.81. The third-order valence-electron chi connectivity index (χ3n) is 3.11. The van der Waals surface area contributed by atoms with Crippen LogP contribution in [0.3, 0.4) is 0 Å². The number of methoxy groups -OCH3 is 1. The fourth-order valence-corrected chi connectivity index (χ4v) is 2.15. The number of nitrogens with one attached hydrogen (secondary N) is 1. The second-order valence-corrected chi connectivity index (χ2v) is 4.34. The summed E-state index contributed by atoms with van der Waals surface area (Å²) in [6.45, 7) is 0.542. The van der Waals surface area contributed by atoms with Gasteiger partial charge >= 0.3 is 0 Å². The van der Waals surface area contributed by atoms with Crippen LogP contribution in [0.15, 0.2) is 18.3 Å². The van der Waals surface area contributed by atoms with E-state index in [4.69, 9.17) is 4.74 Å². The molecule has 1 aliphatic carbocycles. The number of pyridine rings is 1. The van der Waals surface area contributed by atoms with Crippen LogP contribution in [0.4, 0.5) is 5.82 Å². The quantitative estimate of drug-likeness (QED) is 0.815. The van der Waals surface area contributed by atoms with Gasteiger partial charge in [-0.05, 0) is 25.0 Å². The van der Waals surface area contributed by atoms with Crippen LogP contribution in [0.5, 0.6) is 5.75 Å². The minimum Gasteiger partial charge on any atom is -0.493 e. The molecule has 4 nitrogen and oxygen atoms in total. The third kappa shape index (κ3) is 2.44. The lowest BCUT2D eigenvalue weighted by molar-refractivity contribution is 0.0613. The summed E-state index contributed by atoms with van der Waals surface area (Å²) >= 11 is 0. The Labute approximate surface area is 95.7 Å². The molecule has 1 aromatic rings. The van der Waals surface area contributed by atoms with Gasteiger partial charge in [-0.1, -0.05) is 12.8 Å². The second-order valence-electron chi connectivity index (χ2n) is 4.34. The number of rotatable bonds is 4. The van der Waals surface area contributed by atoms with Gasteiger partial charge in [0.1, 0.15) is 0 Å². The Morgan fingerprint density at radius 1 is 1.50 bits per heavy atom. The summed E-state index contributed by atoms with van der Waals surface area (Å²) in [7, 11) is 1.62. The predicted molar refractivity (Wildman–Crippen MR) is 62.7 cm³/mol. The summed E-state index contributed by atoms with van der Waals surface area (Å²) in [4.78, 5) is 4.19. The smallest absolute Gasteiger partial charge is 0.168 e. The van der Waals surface area contributed by atoms with Gasteiger partial charge in [0.15, 0.2) is 11.6 Å². The molecule has 0 aromatic carbocycles. The van der Waals surface area contributed by atoms with Gasteiger partial charge in [0.25, 0.3) is 0 Å². The van der Waals surface area contributed by atoms with E-state index in [0.29, 0.717) is 18.1 Å². The first-order valence-corrected chi connectivity index (χ1v) is 5.69. The molecule has 16 heavy (non-hydrogen) atoms. The summed E-state index contributed by atoms with van der Waals surface area (Å²) in [5, 5.41) is 13.3. The van der Waals surface area contributed by atoms with Crippen molar-refractivity contribution in [2.24, 2.45) is 0 Å². The molecule has 88 valence electrons. The standard InChI is InChI=1S/C12H18N2O2/c1-16-10-5-4-8-13-11(10)14-9-12(15)6-2-3-7-12/h4-5,8,15H,2-3,6-7,9H2,1H3,(H,13,14). The lowest BCUT2D eigenvalue weighted by atomic mass is 10.0. The molecule has 0 spiro atoms. The van der Waals surface area contributed by atoms with E-state index in [0.717, 1.165) is 25.7 Å². The number of anilines is 1. The average Bonchev–Trinajstić information content (AvgIpc) is 2.74. The molecule has 4 heteroatoms. The van der Waals surface area contributed by atoms with Crippen LogP contribution in [0.1, 0.15) is 25.7 Å². The van der Waals surface area contributed by atoms with Crippen molar-refractivity contribution in [2.45, 2.75) is 31.3 Å². The van der Waals surface area contributed by atoms with Crippen molar-refractivity contribution >= 4 is 5.82 Å². The van der Waals surface area contributed by atoms with E-state index in [1.807, 2.05) is 12.1 Å². The highest BCUT2D eigenvalue weighted by Crippen LogP contribution is 2.30. The van der Waals surface area contributed by atoms with E-state index in [2.05, 4.69) is 10.3 Å². The Balaban J connectivity index is 1.98. The maximum atomic E-state index is 10.2. The van der Waals surface area contributed by atoms with Gasteiger partial charge in [0.2, 0.25) is 0 Å². The molecule has 0 saturated heterocycles. The lowest BCUT2D eigenvalue weighted by Crippen LogP contribution is -2.33. The molecule has 2 N–H and O–H groups in total. The van der Waals surface area contributed by atoms with Crippen molar-refractivity contribution in [3.8, 4) is 5.75 Å². The van der Waals surface area contributed by atoms with Crippen LogP contribution in [0.2, 0.25) is 0 Å². The Bertz CT molecular complexity index is 349. The summed E-state index contributed by atoms with van der Waals surface area (Å²) in [5.41, 5.74) is -0.567. The number of nitrogens with zero attached hydrogens (tertiary/aromatic N) is 1. The van der Waals surface area contributed by atoms with Crippen LogP contribution >= 0.6 is 0 Å². The van der Waals surface area contributed by atoms with Gasteiger partial charge in [0, 0.05) is 12.7 Å². The van der Waals surface area contributed by atoms with Gasteiger partial charge in [-0.25, -0.2) is 4.98 Å². The van der Waals surface area contributed by atoms with Crippen molar-refractivity contribution in [2.75, 3.05) is 19.0 Å². The van der Waals surface area contributed by atoms with Gasteiger partial charge in [-0.15, -0.1) is 0 Å². The van der Waals surface area contributed by atoms with Gasteiger partial charge in [-0.2, -0.15) is 0 Å². The first-order chi connectivity index (χ1) is 7.73. The number of ether oxygens (including phenoxy) is 1. The van der Waals surface area contributed by atoms with Crippen molar-refractivity contribution < 1.29 is 9.84 Å². The summed E-state index contributed by atoms with van der Waals surface area (Å²) in [6, 6.07) is 3.68. The molecule has 1 aromatic heterocycles. The molecule has 1 aliphatic rings. The van der Waals surface area contributed by atoms with E-state index in [1.165, 1.54) is 0 Å². The minimum absolute atomic E-state index is 0.542. The molecule has 0 amide bonds. The van der Waals surface area contributed by atoms with E-state index in [1.54, 1.807) is 13.3 Å². The minimum atomic E-state index is -0.567. The van der Waals surface area contributed by atoms with Gasteiger partial charge in [-0.3, -0.25) is 0 Å². The number of hydrogen-bond donors (Lipinski definition) is 2. The van der Waals surface area contributed by atoms with Crippen molar-refractivity contribution in [3.05, 3.63) is 18.3 Å². The van der Waals surface area contributed by atoms with E-state index >= 15 is 0 Å². The molecule has 0 aliphatic heterocycles. The Morgan fingerprint density at radius 2 is 2.25 bits per heavy atom. The Kier molecular flexibility index (Phi) is 3.29. The monoisotopic (exact) mass is 222 g/mol. The fourth-order valence-electron chi connectivity index (χ4n) is 2.15. The number of aromatic nitrogens is 1. The van der Waals surface area contributed by atoms with Gasteiger partial charge < -0.3 is 15.2 Å². The molecule has 0 unspecified atom stereocenters. The average molecular weight is 222 g/mol. The summed E-state index contributed by atoms with van der Waals surface area (Å²) in [6.07, 6.45) is 5.67. The van der Waals surface area contributed by atoms with Crippen LogP contribution in [-0.4, -0.2) is 29.3 Å². The molecule has 1 heterocycles. The maximum absolute atomic E-state index is 10.2. The van der Waals surface area contributed by atoms with Crippen LogP contribution in [0.25, 0.3) is 0 Å². The zero-order valence-corrected chi connectivity index (χ0v) is 9.57. The van der Waals surface area contributed by atoms with Gasteiger partial charge in [0.05, 0.1) is 12.7 Å². The summed E-state index contributed by atoms with van der Waals surface area (Å²) in [5.74, 6) is 1.41. The maximum Gasteiger partial charge on any atom is 0.168 e. The number of aliphatic hydroxyl groups is 1. The first-order valence-electron chi connectivity index (χ1n) is 5.69. The molecule has 2 rings (SSSR count). The Hall–Kier alpha value is -1.29. The zero-order valence-electron chi connectivity index (χ0n) is 9.57. The highest BCUT2D eigenvalue weighted by atomic mass is 16.5. The summed E-state index contributed by atoms with van der Waals surface area (Å²) < 4.78 is 5.19. The first kappa shape index (κ1) is 11.2. The van der Waals surface area contributed by atoms with Crippen molar-refractivity contribution in [3.63, 3.8) is 0 Å². The molecule has 1 fully saturated rings. The third-order valence-corrected chi connectivity index (χ3v) is 3.11. The van der Waals surface area contributed by atoms with E-state index < -0.39 is 5.60 Å². The van der Waals surface area contributed by atoms with Crippen LogP contribution in [-0.2, 0) is 0 Å². The highest BCUT2D eigenvalue weighted by molar-refractivity contribution is 5.49. The fraction of sp³-hybridized carbons (Fsp3) is 0.583. The second kappa shape index (κ2) is 4.70. The van der Waals surface area contributed by atoms with Crippen LogP contribution in [0, 0.1) is 0 Å². The molecule has 0 bridgehead atoms. The van der Waals surface area contributed by atoms with E-state index in [9.17, 15) is 5.11 Å². The number of hydrogen-bond acceptors (Lipinski definition) is 4. The zero-order chi connectivity index (χ0) is 11.4. The lowest BCUT2D eigenvalue weighted by Gasteiger charge is -2.23. The van der Waals surface area contributed by atoms with Crippen molar-refractivity contribution in [1.82, 2.24) is 4.98 Å². The van der Waals surface area contributed by atoms with Crippen LogP contribution < -0.4 is 10.1 Å². The van der Waals surface area contributed by atoms with E-state index in [-0.39, 0.29) is 0 Å². The molecular formula is C12H18N2O2. The molecular weight excluding hydrogens is 204 g/mol. The topological polar surface area (TPSA) is 54.4 Å². The molecule has 1 saturated carbocycles. The van der Waals surface area contributed by atoms with Crippen molar-refractivity contribution in [1.29, 1.82) is 0 Å². The highest BCUT2D eigenvalue weighted by Gasteiger charge is 2.30. The normalized spacial score (nSPS) is 18.4. The Morgan fingerprint density at radius 3 is 2.94 bits per heavy atom. The molecule has 0 radical (unpaired) electrons. The molecule has 0 atom stereocenters.